The van der Waals surface area contributed by atoms with E-state index in [0.717, 1.165) is 65.3 Å². The summed E-state index contributed by atoms with van der Waals surface area (Å²) in [5.41, 5.74) is 0. The van der Waals surface area contributed by atoms with Gasteiger partial charge in [-0.1, -0.05) is 19.1 Å². The molecule has 1 N–H and O–H groups in total. The van der Waals surface area contributed by atoms with E-state index in [9.17, 15) is 4.79 Å². The Morgan fingerprint density at radius 1 is 1.23 bits per heavy atom. The van der Waals surface area contributed by atoms with Crippen LogP contribution in [0.2, 0.25) is 0 Å². The average Bonchev–Trinajstić information content (AvgIpc) is 2.98. The SMILES string of the molecule is C[C@H](CNC(=O)N1C[C@@H]2CC=CC[C@H]2C1)CN1CCOCC1. The van der Waals surface area contributed by atoms with Gasteiger partial charge in [0.1, 0.15) is 0 Å². The van der Waals surface area contributed by atoms with Crippen LogP contribution in [0, 0.1) is 17.8 Å². The zero-order valence-electron chi connectivity index (χ0n) is 13.7. The van der Waals surface area contributed by atoms with Gasteiger partial charge in [-0.2, -0.15) is 0 Å². The molecule has 1 aliphatic carbocycles. The van der Waals surface area contributed by atoms with Gasteiger partial charge in [-0.25, -0.2) is 4.79 Å². The molecule has 0 bridgehead atoms. The summed E-state index contributed by atoms with van der Waals surface area (Å²) in [5, 5.41) is 3.13. The summed E-state index contributed by atoms with van der Waals surface area (Å²) in [6.07, 6.45) is 6.82. The maximum atomic E-state index is 12.3. The number of carbonyl (C=O) groups is 1. The number of urea groups is 1. The Kier molecular flexibility index (Phi) is 5.37. The van der Waals surface area contributed by atoms with E-state index in [1.807, 2.05) is 4.90 Å². The van der Waals surface area contributed by atoms with Crippen molar-refractivity contribution < 1.29 is 9.53 Å². The van der Waals surface area contributed by atoms with Crippen LogP contribution in [0.4, 0.5) is 4.79 Å². The largest absolute Gasteiger partial charge is 0.379 e. The van der Waals surface area contributed by atoms with Gasteiger partial charge in [0.05, 0.1) is 13.2 Å². The first-order valence-electron chi connectivity index (χ1n) is 8.70. The third kappa shape index (κ3) is 4.02. The maximum Gasteiger partial charge on any atom is 0.317 e. The van der Waals surface area contributed by atoms with Crippen LogP contribution in [-0.2, 0) is 4.74 Å². The van der Waals surface area contributed by atoms with Crippen molar-refractivity contribution in [3.8, 4) is 0 Å². The van der Waals surface area contributed by atoms with E-state index in [-0.39, 0.29) is 6.03 Å². The predicted molar refractivity (Wildman–Crippen MR) is 86.7 cm³/mol. The molecule has 0 spiro atoms. The maximum absolute atomic E-state index is 12.3. The van der Waals surface area contributed by atoms with Gasteiger partial charge in [-0.3, -0.25) is 4.90 Å². The standard InChI is InChI=1S/C17H29N3O2/c1-14(11-19-6-8-22-9-7-19)10-18-17(21)20-12-15-4-2-3-5-16(15)13-20/h2-3,14-16H,4-13H2,1H3,(H,18,21)/t14-,15+,16+/m1/s1. The molecule has 0 aromatic heterocycles. The number of hydrogen-bond donors (Lipinski definition) is 1. The Bertz CT molecular complexity index is 391. The number of nitrogens with zero attached hydrogens (tertiary/aromatic N) is 2. The topological polar surface area (TPSA) is 44.8 Å². The highest BCUT2D eigenvalue weighted by Crippen LogP contribution is 2.32. The van der Waals surface area contributed by atoms with Gasteiger partial charge in [0.25, 0.3) is 0 Å². The minimum absolute atomic E-state index is 0.128. The highest BCUT2D eigenvalue weighted by molar-refractivity contribution is 5.74. The Morgan fingerprint density at radius 2 is 1.86 bits per heavy atom. The fourth-order valence-electron chi connectivity index (χ4n) is 3.84. The lowest BCUT2D eigenvalue weighted by Gasteiger charge is -2.29. The summed E-state index contributed by atoms with van der Waals surface area (Å²) in [6.45, 7) is 9.58. The number of nitrogens with one attached hydrogen (secondary N) is 1. The highest BCUT2D eigenvalue weighted by atomic mass is 16.5. The molecule has 0 saturated carbocycles. The zero-order chi connectivity index (χ0) is 15.4. The summed E-state index contributed by atoms with van der Waals surface area (Å²) in [7, 11) is 0. The van der Waals surface area contributed by atoms with Gasteiger partial charge in [-0.15, -0.1) is 0 Å². The predicted octanol–water partition coefficient (Wildman–Crippen LogP) is 1.56. The molecule has 5 nitrogen and oxygen atoms in total. The smallest absolute Gasteiger partial charge is 0.317 e. The van der Waals surface area contributed by atoms with Gasteiger partial charge in [-0.05, 0) is 30.6 Å². The quantitative estimate of drug-likeness (QED) is 0.802. The van der Waals surface area contributed by atoms with Gasteiger partial charge in [0.15, 0.2) is 0 Å². The Hall–Kier alpha value is -1.07. The summed E-state index contributed by atoms with van der Waals surface area (Å²) >= 11 is 0. The molecule has 22 heavy (non-hydrogen) atoms. The van der Waals surface area contributed by atoms with E-state index in [1.54, 1.807) is 0 Å². The van der Waals surface area contributed by atoms with Crippen LogP contribution in [0.5, 0.6) is 0 Å². The summed E-state index contributed by atoms with van der Waals surface area (Å²) in [5.74, 6) is 1.84. The molecule has 0 radical (unpaired) electrons. The molecule has 5 heteroatoms. The van der Waals surface area contributed by atoms with Gasteiger partial charge >= 0.3 is 6.03 Å². The second-order valence-electron chi connectivity index (χ2n) is 7.07. The van der Waals surface area contributed by atoms with Crippen molar-refractivity contribution >= 4 is 6.03 Å². The van der Waals surface area contributed by atoms with E-state index in [4.69, 9.17) is 4.74 Å². The lowest BCUT2D eigenvalue weighted by Crippen LogP contribution is -2.44. The summed E-state index contributed by atoms with van der Waals surface area (Å²) in [6, 6.07) is 0.128. The molecule has 124 valence electrons. The van der Waals surface area contributed by atoms with Crippen LogP contribution >= 0.6 is 0 Å². The van der Waals surface area contributed by atoms with Crippen molar-refractivity contribution in [2.45, 2.75) is 19.8 Å². The minimum atomic E-state index is 0.128. The van der Waals surface area contributed by atoms with E-state index >= 15 is 0 Å². The first-order valence-corrected chi connectivity index (χ1v) is 8.70. The molecule has 0 aromatic rings. The van der Waals surface area contributed by atoms with Crippen molar-refractivity contribution in [3.63, 3.8) is 0 Å². The van der Waals surface area contributed by atoms with Crippen molar-refractivity contribution in [1.82, 2.24) is 15.1 Å². The van der Waals surface area contributed by atoms with Crippen molar-refractivity contribution in [1.29, 1.82) is 0 Å². The Balaban J connectivity index is 1.37. The molecule has 3 rings (SSSR count). The zero-order valence-corrected chi connectivity index (χ0v) is 13.7. The molecule has 0 unspecified atom stereocenters. The molecule has 2 saturated heterocycles. The van der Waals surface area contributed by atoms with Crippen LogP contribution in [0.25, 0.3) is 0 Å². The van der Waals surface area contributed by atoms with E-state index in [0.29, 0.717) is 17.8 Å². The molecular weight excluding hydrogens is 278 g/mol. The highest BCUT2D eigenvalue weighted by Gasteiger charge is 2.35. The third-order valence-electron chi connectivity index (χ3n) is 5.18. The fraction of sp³-hybridized carbons (Fsp3) is 0.824. The minimum Gasteiger partial charge on any atom is -0.379 e. The number of likely N-dealkylation sites (tertiary alicyclic amines) is 1. The van der Waals surface area contributed by atoms with Gasteiger partial charge in [0, 0.05) is 39.3 Å². The monoisotopic (exact) mass is 307 g/mol. The average molecular weight is 307 g/mol. The van der Waals surface area contributed by atoms with Crippen LogP contribution in [0.15, 0.2) is 12.2 Å². The summed E-state index contributed by atoms with van der Waals surface area (Å²) in [4.78, 5) is 16.8. The van der Waals surface area contributed by atoms with Crippen molar-refractivity contribution in [3.05, 3.63) is 12.2 Å². The number of ether oxygens (including phenoxy) is 1. The van der Waals surface area contributed by atoms with Crippen molar-refractivity contribution in [2.75, 3.05) is 52.5 Å². The van der Waals surface area contributed by atoms with Crippen LogP contribution in [-0.4, -0.2) is 68.3 Å². The number of carbonyl (C=O) groups excluding carboxylic acids is 1. The number of rotatable bonds is 4. The van der Waals surface area contributed by atoms with Crippen LogP contribution in [0.3, 0.4) is 0 Å². The lowest BCUT2D eigenvalue weighted by atomic mass is 9.86. The molecule has 3 aliphatic rings. The number of fused-ring (bicyclic) bond motifs is 1. The lowest BCUT2D eigenvalue weighted by molar-refractivity contribution is 0.0319. The third-order valence-corrected chi connectivity index (χ3v) is 5.18. The molecule has 2 amide bonds. The number of amides is 2. The van der Waals surface area contributed by atoms with Crippen LogP contribution in [0.1, 0.15) is 19.8 Å². The normalized spacial score (nSPS) is 30.1. The molecule has 2 heterocycles. The van der Waals surface area contributed by atoms with E-state index < -0.39 is 0 Å². The molecule has 2 fully saturated rings. The van der Waals surface area contributed by atoms with Crippen molar-refractivity contribution in [2.24, 2.45) is 17.8 Å². The van der Waals surface area contributed by atoms with Gasteiger partial charge in [0.2, 0.25) is 0 Å². The molecule has 0 aromatic carbocycles. The number of allylic oxidation sites excluding steroid dienone is 2. The molecule has 3 atom stereocenters. The van der Waals surface area contributed by atoms with Gasteiger partial charge < -0.3 is 15.0 Å². The second kappa shape index (κ2) is 7.47. The summed E-state index contributed by atoms with van der Waals surface area (Å²) < 4.78 is 5.37. The second-order valence-corrected chi connectivity index (χ2v) is 7.07. The molecular formula is C17H29N3O2. The molecule has 2 aliphatic heterocycles. The fourth-order valence-corrected chi connectivity index (χ4v) is 3.84. The number of morpholine rings is 1. The number of hydrogen-bond acceptors (Lipinski definition) is 3. The Labute approximate surface area is 133 Å². The van der Waals surface area contributed by atoms with E-state index in [1.165, 1.54) is 0 Å². The van der Waals surface area contributed by atoms with Crippen LogP contribution < -0.4 is 5.32 Å². The van der Waals surface area contributed by atoms with E-state index in [2.05, 4.69) is 29.3 Å². The first-order chi connectivity index (χ1) is 10.7. The first kappa shape index (κ1) is 15.8. The Morgan fingerprint density at radius 3 is 2.50 bits per heavy atom.